The molecule has 28 heavy (non-hydrogen) atoms. The van der Waals surface area contributed by atoms with E-state index in [1.54, 1.807) is 24.3 Å². The molecular formula is C22H22N4O2. The zero-order valence-electron chi connectivity index (χ0n) is 16.1. The first-order chi connectivity index (χ1) is 13.5. The van der Waals surface area contributed by atoms with Crippen molar-refractivity contribution in [3.63, 3.8) is 0 Å². The molecule has 0 aliphatic rings. The van der Waals surface area contributed by atoms with Crippen molar-refractivity contribution >= 4 is 11.6 Å². The minimum absolute atomic E-state index is 0.0539. The predicted octanol–water partition coefficient (Wildman–Crippen LogP) is 3.96. The van der Waals surface area contributed by atoms with Gasteiger partial charge in [0.05, 0.1) is 24.3 Å². The number of hydrogen-bond donors (Lipinski definition) is 2. The molecule has 1 amide bonds. The van der Waals surface area contributed by atoms with E-state index in [9.17, 15) is 10.1 Å². The van der Waals surface area contributed by atoms with Gasteiger partial charge >= 0.3 is 0 Å². The van der Waals surface area contributed by atoms with Gasteiger partial charge in [-0.15, -0.1) is 0 Å². The average Bonchev–Trinajstić information content (AvgIpc) is 2.70. The maximum absolute atomic E-state index is 12.5. The Labute approximate surface area is 165 Å². The number of ether oxygens (including phenoxy) is 1. The monoisotopic (exact) mass is 374 g/mol. The fraction of sp³-hybridized carbons (Fsp3) is 0.227. The normalized spacial score (nSPS) is 11.7. The molecule has 6 heteroatoms. The summed E-state index contributed by atoms with van der Waals surface area (Å²) in [6.07, 6.45) is 1.35. The number of anilines is 1. The molecular weight excluding hydrogens is 352 g/mol. The lowest BCUT2D eigenvalue weighted by molar-refractivity contribution is -0.117. The zero-order valence-corrected chi connectivity index (χ0v) is 16.1. The maximum atomic E-state index is 12.5. The molecule has 2 N–H and O–H groups in total. The van der Waals surface area contributed by atoms with Gasteiger partial charge in [-0.25, -0.2) is 0 Å². The van der Waals surface area contributed by atoms with Crippen LogP contribution in [0.1, 0.15) is 36.6 Å². The summed E-state index contributed by atoms with van der Waals surface area (Å²) in [5, 5.41) is 23.9. The van der Waals surface area contributed by atoms with E-state index in [4.69, 9.17) is 10.00 Å². The molecule has 0 aliphatic carbocycles. The van der Waals surface area contributed by atoms with E-state index in [0.29, 0.717) is 23.6 Å². The summed E-state index contributed by atoms with van der Waals surface area (Å²) in [5.74, 6) is 0.221. The van der Waals surface area contributed by atoms with Crippen molar-refractivity contribution < 1.29 is 9.53 Å². The van der Waals surface area contributed by atoms with Gasteiger partial charge in [-0.3, -0.25) is 4.79 Å². The summed E-state index contributed by atoms with van der Waals surface area (Å²) < 4.78 is 5.64. The minimum atomic E-state index is -0.486. The quantitative estimate of drug-likeness (QED) is 0.565. The molecule has 0 fully saturated rings. The Morgan fingerprint density at radius 2 is 1.93 bits per heavy atom. The minimum Gasteiger partial charge on any atom is -0.494 e. The lowest BCUT2D eigenvalue weighted by Crippen LogP contribution is -2.28. The molecule has 0 radical (unpaired) electrons. The molecule has 2 rings (SSSR count). The van der Waals surface area contributed by atoms with Crippen molar-refractivity contribution in [2.75, 3.05) is 11.9 Å². The van der Waals surface area contributed by atoms with E-state index < -0.39 is 5.91 Å². The summed E-state index contributed by atoms with van der Waals surface area (Å²) in [6, 6.07) is 16.1. The maximum Gasteiger partial charge on any atom is 0.263 e. The Balaban J connectivity index is 2.12. The molecule has 0 aliphatic heterocycles. The molecule has 6 nitrogen and oxygen atoms in total. The highest BCUT2D eigenvalue weighted by molar-refractivity contribution is 5.97. The van der Waals surface area contributed by atoms with Crippen LogP contribution in [0.15, 0.2) is 54.2 Å². The van der Waals surface area contributed by atoms with Gasteiger partial charge in [0.1, 0.15) is 17.4 Å². The highest BCUT2D eigenvalue weighted by Gasteiger charge is 2.17. The van der Waals surface area contributed by atoms with Crippen LogP contribution < -0.4 is 15.4 Å². The number of rotatable bonds is 7. The fourth-order valence-electron chi connectivity index (χ4n) is 2.59. The summed E-state index contributed by atoms with van der Waals surface area (Å²) in [5.41, 5.74) is 3.06. The summed E-state index contributed by atoms with van der Waals surface area (Å²) in [4.78, 5) is 12.5. The smallest absolute Gasteiger partial charge is 0.263 e. The van der Waals surface area contributed by atoms with Crippen LogP contribution in [0.25, 0.3) is 0 Å². The Hall–Kier alpha value is -3.77. The van der Waals surface area contributed by atoms with Crippen molar-refractivity contribution in [2.24, 2.45) is 0 Å². The zero-order chi connectivity index (χ0) is 20.5. The van der Waals surface area contributed by atoms with E-state index in [-0.39, 0.29) is 11.6 Å². The molecule has 0 aromatic heterocycles. The Bertz CT molecular complexity index is 950. The second-order valence-electron chi connectivity index (χ2n) is 6.17. The molecule has 1 atom stereocenters. The fourth-order valence-corrected chi connectivity index (χ4v) is 2.59. The number of carbonyl (C=O) groups is 1. The molecule has 142 valence electrons. The van der Waals surface area contributed by atoms with Crippen LogP contribution in [-0.2, 0) is 4.79 Å². The van der Waals surface area contributed by atoms with Crippen LogP contribution in [0, 0.1) is 29.6 Å². The van der Waals surface area contributed by atoms with Gasteiger partial charge in [0.25, 0.3) is 5.91 Å². The van der Waals surface area contributed by atoms with Crippen LogP contribution in [0.2, 0.25) is 0 Å². The lowest BCUT2D eigenvalue weighted by atomic mass is 10.0. The summed E-state index contributed by atoms with van der Waals surface area (Å²) in [6.45, 7) is 6.24. The first-order valence-corrected chi connectivity index (χ1v) is 8.89. The van der Waals surface area contributed by atoms with Crippen LogP contribution in [-0.4, -0.2) is 12.5 Å². The number of carbonyl (C=O) groups excluding carboxylic acids is 1. The first-order valence-electron chi connectivity index (χ1n) is 8.89. The molecule has 0 heterocycles. The van der Waals surface area contributed by atoms with Crippen molar-refractivity contribution in [2.45, 2.75) is 26.8 Å². The Morgan fingerprint density at radius 3 is 2.54 bits per heavy atom. The SMILES string of the molecule is CCOc1ccc(C)cc1C(C)NC(=O)/C(C#N)=C\Nc1ccc(C#N)cc1. The lowest BCUT2D eigenvalue weighted by Gasteiger charge is -2.18. The number of nitriles is 2. The third-order valence-electron chi connectivity index (χ3n) is 4.04. The largest absolute Gasteiger partial charge is 0.494 e. The van der Waals surface area contributed by atoms with Gasteiger partial charge in [-0.1, -0.05) is 17.7 Å². The summed E-state index contributed by atoms with van der Waals surface area (Å²) in [7, 11) is 0. The van der Waals surface area contributed by atoms with Gasteiger partial charge < -0.3 is 15.4 Å². The van der Waals surface area contributed by atoms with Crippen LogP contribution in [0.3, 0.4) is 0 Å². The molecule has 0 spiro atoms. The van der Waals surface area contributed by atoms with Crippen LogP contribution >= 0.6 is 0 Å². The van der Waals surface area contributed by atoms with E-state index in [1.165, 1.54) is 6.20 Å². The van der Waals surface area contributed by atoms with Gasteiger partial charge in [0.2, 0.25) is 0 Å². The molecule has 0 saturated carbocycles. The Morgan fingerprint density at radius 1 is 1.21 bits per heavy atom. The third kappa shape index (κ3) is 5.36. The standard InChI is InChI=1S/C22H22N4O2/c1-4-28-21-10-5-15(2)11-20(21)16(3)26-22(27)18(13-24)14-25-19-8-6-17(12-23)7-9-19/h5-11,14,16,25H,4H2,1-3H3,(H,26,27)/b18-14-. The van der Waals surface area contributed by atoms with Gasteiger partial charge in [-0.2, -0.15) is 10.5 Å². The molecule has 0 bridgehead atoms. The molecule has 2 aromatic carbocycles. The van der Waals surface area contributed by atoms with Crippen molar-refractivity contribution in [3.05, 3.63) is 70.9 Å². The van der Waals surface area contributed by atoms with E-state index in [0.717, 1.165) is 11.1 Å². The Kier molecular flexibility index (Phi) is 7.19. The van der Waals surface area contributed by atoms with Crippen LogP contribution in [0.5, 0.6) is 5.75 Å². The van der Waals surface area contributed by atoms with Crippen molar-refractivity contribution in [1.82, 2.24) is 5.32 Å². The predicted molar refractivity (Wildman–Crippen MR) is 107 cm³/mol. The first kappa shape index (κ1) is 20.5. The van der Waals surface area contributed by atoms with Crippen LogP contribution in [0.4, 0.5) is 5.69 Å². The topological polar surface area (TPSA) is 97.9 Å². The third-order valence-corrected chi connectivity index (χ3v) is 4.04. The number of nitrogens with one attached hydrogen (secondary N) is 2. The number of benzene rings is 2. The van der Waals surface area contributed by atoms with Gasteiger partial charge in [-0.05, 0) is 51.1 Å². The number of aryl methyl sites for hydroxylation is 1. The number of hydrogen-bond acceptors (Lipinski definition) is 5. The van der Waals surface area contributed by atoms with Gasteiger partial charge in [0, 0.05) is 17.5 Å². The van der Waals surface area contributed by atoms with E-state index >= 15 is 0 Å². The number of amides is 1. The highest BCUT2D eigenvalue weighted by Crippen LogP contribution is 2.26. The van der Waals surface area contributed by atoms with Gasteiger partial charge in [0.15, 0.2) is 0 Å². The van der Waals surface area contributed by atoms with Crippen molar-refractivity contribution in [1.29, 1.82) is 10.5 Å². The number of nitrogens with zero attached hydrogens (tertiary/aromatic N) is 2. The van der Waals surface area contributed by atoms with E-state index in [2.05, 4.69) is 10.6 Å². The second kappa shape index (κ2) is 9.80. The molecule has 0 saturated heterocycles. The highest BCUT2D eigenvalue weighted by atomic mass is 16.5. The molecule has 1 unspecified atom stereocenters. The second-order valence-corrected chi connectivity index (χ2v) is 6.17. The van der Waals surface area contributed by atoms with E-state index in [1.807, 2.05) is 51.1 Å². The van der Waals surface area contributed by atoms with Crippen molar-refractivity contribution in [3.8, 4) is 17.9 Å². The molecule has 2 aromatic rings. The summed E-state index contributed by atoms with van der Waals surface area (Å²) >= 11 is 0. The average molecular weight is 374 g/mol.